The minimum atomic E-state index is -4.41. The van der Waals surface area contributed by atoms with Gasteiger partial charge >= 0.3 is 6.18 Å². The molecular weight excluding hydrogens is 217 g/mol. The van der Waals surface area contributed by atoms with Crippen molar-refractivity contribution in [3.8, 4) is 0 Å². The number of aromatic amines is 1. The average molecular weight is 230 g/mol. The summed E-state index contributed by atoms with van der Waals surface area (Å²) in [6.45, 7) is 7.76. The minimum Gasteiger partial charge on any atom is -0.281 e. The van der Waals surface area contributed by atoms with Gasteiger partial charge in [-0.2, -0.15) is 18.3 Å². The van der Waals surface area contributed by atoms with Crippen LogP contribution in [-0.2, 0) is 12.6 Å². The van der Waals surface area contributed by atoms with Crippen LogP contribution in [0.5, 0.6) is 0 Å². The summed E-state index contributed by atoms with van der Waals surface area (Å²) in [6.07, 6.45) is -3.26. The quantitative estimate of drug-likeness (QED) is 0.726. The van der Waals surface area contributed by atoms with E-state index in [1.54, 1.807) is 0 Å². The Hall–Kier alpha value is -1.26. The average Bonchev–Trinajstić information content (AvgIpc) is 2.43. The second kappa shape index (κ2) is 3.12. The fraction of sp³-hybridized carbons (Fsp3) is 0.545. The van der Waals surface area contributed by atoms with Crippen molar-refractivity contribution in [2.24, 2.45) is 5.41 Å². The van der Waals surface area contributed by atoms with Gasteiger partial charge < -0.3 is 0 Å². The van der Waals surface area contributed by atoms with Crippen molar-refractivity contribution in [1.29, 1.82) is 0 Å². The Morgan fingerprint density at radius 1 is 1.31 bits per heavy atom. The predicted molar refractivity (Wildman–Crippen MR) is 54.7 cm³/mol. The Morgan fingerprint density at radius 2 is 1.94 bits per heavy atom. The molecule has 16 heavy (non-hydrogen) atoms. The van der Waals surface area contributed by atoms with Gasteiger partial charge in [0.05, 0.1) is 0 Å². The normalized spacial score (nSPS) is 19.7. The predicted octanol–water partition coefficient (Wildman–Crippen LogP) is 3.41. The van der Waals surface area contributed by atoms with Crippen molar-refractivity contribution >= 4 is 5.57 Å². The summed E-state index contributed by atoms with van der Waals surface area (Å²) in [4.78, 5) is 0. The highest BCUT2D eigenvalue weighted by Gasteiger charge is 2.41. The number of allylic oxidation sites excluding steroid dienone is 1. The molecule has 0 saturated carbocycles. The Kier molecular flexibility index (Phi) is 2.19. The van der Waals surface area contributed by atoms with E-state index in [9.17, 15) is 13.2 Å². The van der Waals surface area contributed by atoms with E-state index in [-0.39, 0.29) is 11.0 Å². The first-order valence-corrected chi connectivity index (χ1v) is 5.03. The molecule has 1 aromatic rings. The van der Waals surface area contributed by atoms with E-state index in [1.165, 1.54) is 0 Å². The molecule has 2 rings (SSSR count). The summed E-state index contributed by atoms with van der Waals surface area (Å²) in [6, 6.07) is 0. The zero-order valence-electron chi connectivity index (χ0n) is 9.20. The summed E-state index contributed by atoms with van der Waals surface area (Å²) in [7, 11) is 0. The van der Waals surface area contributed by atoms with Crippen molar-refractivity contribution in [2.45, 2.75) is 32.9 Å². The van der Waals surface area contributed by atoms with Crippen LogP contribution in [0.4, 0.5) is 13.2 Å². The van der Waals surface area contributed by atoms with Crippen LogP contribution in [0.3, 0.4) is 0 Å². The van der Waals surface area contributed by atoms with Crippen molar-refractivity contribution in [1.82, 2.24) is 10.2 Å². The lowest BCUT2D eigenvalue weighted by Gasteiger charge is -2.30. The molecule has 0 fully saturated rings. The van der Waals surface area contributed by atoms with Crippen molar-refractivity contribution in [3.63, 3.8) is 0 Å². The third kappa shape index (κ3) is 1.74. The van der Waals surface area contributed by atoms with E-state index in [2.05, 4.69) is 16.8 Å². The Balaban J connectivity index is 2.52. The Labute approximate surface area is 91.5 Å². The van der Waals surface area contributed by atoms with Gasteiger partial charge in [-0.3, -0.25) is 5.10 Å². The fourth-order valence-corrected chi connectivity index (χ4v) is 2.30. The second-order valence-electron chi connectivity index (χ2n) is 5.04. The van der Waals surface area contributed by atoms with Gasteiger partial charge in [0.2, 0.25) is 0 Å². The molecule has 1 aliphatic rings. The number of halogens is 3. The number of hydrogen-bond donors (Lipinski definition) is 1. The van der Waals surface area contributed by atoms with Crippen LogP contribution in [-0.4, -0.2) is 10.2 Å². The lowest BCUT2D eigenvalue weighted by Crippen LogP contribution is -2.22. The lowest BCUT2D eigenvalue weighted by atomic mass is 9.74. The standard InChI is InChI=1S/C11H13F3N2/c1-6-4-10(2,3)5-7-8(6)9(16-15-7)11(12,13)14/h1,4-5H2,2-3H3,(H,15,16). The third-order valence-electron chi connectivity index (χ3n) is 2.81. The molecule has 0 aromatic carbocycles. The summed E-state index contributed by atoms with van der Waals surface area (Å²) in [5.41, 5.74) is 0.357. The van der Waals surface area contributed by atoms with Gasteiger partial charge in [0.1, 0.15) is 0 Å². The summed E-state index contributed by atoms with van der Waals surface area (Å²) in [5.74, 6) is 0. The summed E-state index contributed by atoms with van der Waals surface area (Å²) < 4.78 is 38.0. The first-order chi connectivity index (χ1) is 7.21. The van der Waals surface area contributed by atoms with E-state index in [1.807, 2.05) is 13.8 Å². The van der Waals surface area contributed by atoms with Crippen molar-refractivity contribution in [2.75, 3.05) is 0 Å². The van der Waals surface area contributed by atoms with Gasteiger partial charge in [0, 0.05) is 11.3 Å². The van der Waals surface area contributed by atoms with Crippen LogP contribution in [0.1, 0.15) is 37.2 Å². The Bertz CT molecular complexity index is 441. The van der Waals surface area contributed by atoms with Gasteiger partial charge in [0.25, 0.3) is 0 Å². The van der Waals surface area contributed by atoms with Gasteiger partial charge in [-0.05, 0) is 23.8 Å². The van der Waals surface area contributed by atoms with Gasteiger partial charge in [-0.15, -0.1) is 0 Å². The smallest absolute Gasteiger partial charge is 0.281 e. The van der Waals surface area contributed by atoms with Gasteiger partial charge in [-0.25, -0.2) is 0 Å². The maximum Gasteiger partial charge on any atom is 0.435 e. The number of fused-ring (bicyclic) bond motifs is 1. The van der Waals surface area contributed by atoms with Crippen LogP contribution in [0, 0.1) is 5.41 Å². The lowest BCUT2D eigenvalue weighted by molar-refractivity contribution is -0.141. The molecule has 0 saturated heterocycles. The monoisotopic (exact) mass is 230 g/mol. The number of alkyl halides is 3. The molecule has 1 N–H and O–H groups in total. The molecule has 0 radical (unpaired) electrons. The number of nitrogens with one attached hydrogen (secondary N) is 1. The zero-order valence-corrected chi connectivity index (χ0v) is 9.20. The van der Waals surface area contributed by atoms with Crippen LogP contribution in [0.2, 0.25) is 0 Å². The van der Waals surface area contributed by atoms with Crippen molar-refractivity contribution < 1.29 is 13.2 Å². The molecule has 0 atom stereocenters. The second-order valence-corrected chi connectivity index (χ2v) is 5.04. The van der Waals surface area contributed by atoms with Crippen LogP contribution >= 0.6 is 0 Å². The molecule has 0 aliphatic heterocycles. The minimum absolute atomic E-state index is 0.0561. The maximum absolute atomic E-state index is 12.7. The molecule has 0 unspecified atom stereocenters. The Morgan fingerprint density at radius 3 is 2.50 bits per heavy atom. The first-order valence-electron chi connectivity index (χ1n) is 5.03. The number of nitrogens with zero attached hydrogens (tertiary/aromatic N) is 1. The molecular formula is C11H13F3N2. The largest absolute Gasteiger partial charge is 0.435 e. The summed E-state index contributed by atoms with van der Waals surface area (Å²) >= 11 is 0. The molecule has 2 nitrogen and oxygen atoms in total. The van der Waals surface area contributed by atoms with Crippen LogP contribution in [0.25, 0.3) is 5.57 Å². The third-order valence-corrected chi connectivity index (χ3v) is 2.81. The van der Waals surface area contributed by atoms with E-state index in [0.717, 1.165) is 0 Å². The molecule has 0 amide bonds. The van der Waals surface area contributed by atoms with Crippen LogP contribution < -0.4 is 0 Å². The SMILES string of the molecule is C=C1CC(C)(C)Cc2[nH]nc(C(F)(F)F)c21. The highest BCUT2D eigenvalue weighted by atomic mass is 19.4. The fourth-order valence-electron chi connectivity index (χ4n) is 2.30. The molecule has 0 spiro atoms. The summed E-state index contributed by atoms with van der Waals surface area (Å²) in [5, 5.41) is 5.86. The number of H-pyrrole nitrogens is 1. The molecule has 1 aromatic heterocycles. The van der Waals surface area contributed by atoms with Gasteiger partial charge in [-0.1, -0.05) is 20.4 Å². The van der Waals surface area contributed by atoms with Gasteiger partial charge in [0.15, 0.2) is 5.69 Å². The van der Waals surface area contributed by atoms with E-state index >= 15 is 0 Å². The number of aromatic nitrogens is 2. The molecule has 0 bridgehead atoms. The maximum atomic E-state index is 12.7. The van der Waals surface area contributed by atoms with E-state index in [4.69, 9.17) is 0 Å². The molecule has 5 heteroatoms. The number of hydrogen-bond acceptors (Lipinski definition) is 1. The number of rotatable bonds is 0. The van der Waals surface area contributed by atoms with Crippen molar-refractivity contribution in [3.05, 3.63) is 23.5 Å². The van der Waals surface area contributed by atoms with Crippen LogP contribution in [0.15, 0.2) is 6.58 Å². The molecule has 1 aliphatic carbocycles. The zero-order chi connectivity index (χ0) is 12.1. The highest BCUT2D eigenvalue weighted by molar-refractivity contribution is 5.70. The molecule has 1 heterocycles. The molecule has 88 valence electrons. The van der Waals surface area contributed by atoms with E-state index in [0.29, 0.717) is 24.1 Å². The topological polar surface area (TPSA) is 28.7 Å². The van der Waals surface area contributed by atoms with E-state index < -0.39 is 11.9 Å². The highest BCUT2D eigenvalue weighted by Crippen LogP contribution is 2.44. The first kappa shape index (κ1) is 11.2.